The standard InChI is InChI=1S/C10H11FIN.ClH/c1-2-3-10(13)8-6-7(12)4-5-9(8)11;/h2,4-6,10H,1,3,13H2;1H/t10-;/m1./s1. The maximum atomic E-state index is 13.2. The molecule has 0 bridgehead atoms. The van der Waals surface area contributed by atoms with Crippen molar-refractivity contribution in [3.63, 3.8) is 0 Å². The Labute approximate surface area is 103 Å². The van der Waals surface area contributed by atoms with E-state index >= 15 is 0 Å². The van der Waals surface area contributed by atoms with Gasteiger partial charge in [-0.15, -0.1) is 19.0 Å². The van der Waals surface area contributed by atoms with Crippen LogP contribution in [0.5, 0.6) is 0 Å². The third kappa shape index (κ3) is 3.55. The van der Waals surface area contributed by atoms with E-state index in [-0.39, 0.29) is 24.3 Å². The Kier molecular flexibility index (Phi) is 6.31. The molecule has 2 N–H and O–H groups in total. The molecule has 0 aliphatic heterocycles. The Morgan fingerprint density at radius 3 is 2.79 bits per heavy atom. The maximum Gasteiger partial charge on any atom is 0.128 e. The van der Waals surface area contributed by atoms with Gasteiger partial charge < -0.3 is 5.73 Å². The van der Waals surface area contributed by atoms with Crippen molar-refractivity contribution in [2.45, 2.75) is 12.5 Å². The van der Waals surface area contributed by atoms with Crippen molar-refractivity contribution < 1.29 is 4.39 Å². The molecule has 1 atom stereocenters. The van der Waals surface area contributed by atoms with Crippen LogP contribution in [0, 0.1) is 9.39 Å². The lowest BCUT2D eigenvalue weighted by Crippen LogP contribution is -2.11. The highest BCUT2D eigenvalue weighted by Gasteiger charge is 2.09. The SMILES string of the molecule is C=CC[C@@H](N)c1cc(I)ccc1F.Cl. The van der Waals surface area contributed by atoms with Gasteiger partial charge in [0, 0.05) is 15.2 Å². The molecule has 1 aromatic carbocycles. The molecule has 4 heteroatoms. The van der Waals surface area contributed by atoms with E-state index in [1.54, 1.807) is 18.2 Å². The molecule has 0 aliphatic carbocycles. The van der Waals surface area contributed by atoms with Gasteiger partial charge in [-0.05, 0) is 47.2 Å². The lowest BCUT2D eigenvalue weighted by Gasteiger charge is -2.10. The van der Waals surface area contributed by atoms with Crippen molar-refractivity contribution in [1.29, 1.82) is 0 Å². The Bertz CT molecular complexity index is 317. The van der Waals surface area contributed by atoms with Crippen molar-refractivity contribution in [3.8, 4) is 0 Å². The number of hydrogen-bond acceptors (Lipinski definition) is 1. The van der Waals surface area contributed by atoms with Crippen LogP contribution in [-0.2, 0) is 0 Å². The average molecular weight is 328 g/mol. The molecular formula is C10H12ClFIN. The average Bonchev–Trinajstić information content (AvgIpc) is 2.09. The molecule has 0 saturated carbocycles. The van der Waals surface area contributed by atoms with Gasteiger partial charge in [0.05, 0.1) is 0 Å². The van der Waals surface area contributed by atoms with E-state index in [4.69, 9.17) is 5.73 Å². The summed E-state index contributed by atoms with van der Waals surface area (Å²) in [6, 6.07) is 4.65. The fourth-order valence-electron chi connectivity index (χ4n) is 1.11. The zero-order valence-corrected chi connectivity index (χ0v) is 10.5. The molecule has 0 spiro atoms. The van der Waals surface area contributed by atoms with Crippen LogP contribution in [0.1, 0.15) is 18.0 Å². The zero-order chi connectivity index (χ0) is 9.84. The topological polar surface area (TPSA) is 26.0 Å². The summed E-state index contributed by atoms with van der Waals surface area (Å²) >= 11 is 2.14. The number of hydrogen-bond donors (Lipinski definition) is 1. The van der Waals surface area contributed by atoms with Gasteiger partial charge >= 0.3 is 0 Å². The lowest BCUT2D eigenvalue weighted by atomic mass is 10.0. The quantitative estimate of drug-likeness (QED) is 0.668. The summed E-state index contributed by atoms with van der Waals surface area (Å²) in [7, 11) is 0. The first-order chi connectivity index (χ1) is 6.15. The third-order valence-corrected chi connectivity index (χ3v) is 2.45. The highest BCUT2D eigenvalue weighted by atomic mass is 127. The normalized spacial score (nSPS) is 11.6. The predicted octanol–water partition coefficient (Wildman–Crippen LogP) is 3.43. The molecule has 0 aromatic heterocycles. The van der Waals surface area contributed by atoms with Crippen LogP contribution >= 0.6 is 35.0 Å². The molecule has 1 nitrogen and oxygen atoms in total. The van der Waals surface area contributed by atoms with Crippen LogP contribution in [0.4, 0.5) is 4.39 Å². The van der Waals surface area contributed by atoms with E-state index in [2.05, 4.69) is 29.2 Å². The summed E-state index contributed by atoms with van der Waals surface area (Å²) in [5, 5.41) is 0. The van der Waals surface area contributed by atoms with Crippen molar-refractivity contribution in [2.24, 2.45) is 5.73 Å². The Morgan fingerprint density at radius 1 is 1.57 bits per heavy atom. The first kappa shape index (κ1) is 13.9. The fourth-order valence-corrected chi connectivity index (χ4v) is 1.62. The summed E-state index contributed by atoms with van der Waals surface area (Å²) < 4.78 is 14.2. The highest BCUT2D eigenvalue weighted by molar-refractivity contribution is 14.1. The summed E-state index contributed by atoms with van der Waals surface area (Å²) in [6.45, 7) is 3.57. The number of benzene rings is 1. The third-order valence-electron chi connectivity index (χ3n) is 1.78. The zero-order valence-electron chi connectivity index (χ0n) is 7.54. The van der Waals surface area contributed by atoms with Crippen LogP contribution in [0.25, 0.3) is 0 Å². The number of halogens is 3. The first-order valence-electron chi connectivity index (χ1n) is 3.96. The fraction of sp³-hybridized carbons (Fsp3) is 0.200. The van der Waals surface area contributed by atoms with Crippen LogP contribution in [0.15, 0.2) is 30.9 Å². The van der Waals surface area contributed by atoms with Crippen molar-refractivity contribution in [2.75, 3.05) is 0 Å². The molecule has 14 heavy (non-hydrogen) atoms. The van der Waals surface area contributed by atoms with E-state index < -0.39 is 0 Å². The summed E-state index contributed by atoms with van der Waals surface area (Å²) in [4.78, 5) is 0. The molecule has 0 fully saturated rings. The number of rotatable bonds is 3. The molecule has 1 aromatic rings. The predicted molar refractivity (Wildman–Crippen MR) is 68.1 cm³/mol. The van der Waals surface area contributed by atoms with Crippen LogP contribution in [-0.4, -0.2) is 0 Å². The Morgan fingerprint density at radius 2 is 2.21 bits per heavy atom. The largest absolute Gasteiger partial charge is 0.324 e. The molecule has 0 radical (unpaired) electrons. The van der Waals surface area contributed by atoms with Crippen LogP contribution < -0.4 is 5.73 Å². The van der Waals surface area contributed by atoms with Gasteiger partial charge in [-0.3, -0.25) is 0 Å². The molecule has 0 aliphatic rings. The molecule has 1 rings (SSSR count). The van der Waals surface area contributed by atoms with Crippen LogP contribution in [0.3, 0.4) is 0 Å². The Hall–Kier alpha value is -0.130. The second kappa shape index (κ2) is 6.37. The minimum atomic E-state index is -0.285. The molecule has 0 amide bonds. The van der Waals surface area contributed by atoms with E-state index in [1.807, 2.05) is 0 Å². The van der Waals surface area contributed by atoms with Gasteiger partial charge in [0.25, 0.3) is 0 Å². The molecule has 0 unspecified atom stereocenters. The summed E-state index contributed by atoms with van der Waals surface area (Å²) in [5.74, 6) is -0.241. The van der Waals surface area contributed by atoms with Gasteiger partial charge in [0.1, 0.15) is 5.82 Å². The van der Waals surface area contributed by atoms with E-state index in [1.165, 1.54) is 6.07 Å². The number of nitrogens with two attached hydrogens (primary N) is 1. The van der Waals surface area contributed by atoms with Crippen molar-refractivity contribution >= 4 is 35.0 Å². The van der Waals surface area contributed by atoms with Crippen LogP contribution in [0.2, 0.25) is 0 Å². The molecular weight excluding hydrogens is 315 g/mol. The van der Waals surface area contributed by atoms with Crippen molar-refractivity contribution in [1.82, 2.24) is 0 Å². The summed E-state index contributed by atoms with van der Waals surface area (Å²) in [5.41, 5.74) is 6.32. The van der Waals surface area contributed by atoms with Gasteiger partial charge in [0.2, 0.25) is 0 Å². The molecule has 0 heterocycles. The molecule has 0 saturated heterocycles. The summed E-state index contributed by atoms with van der Waals surface area (Å²) in [6.07, 6.45) is 2.29. The van der Waals surface area contributed by atoms with Gasteiger partial charge in [-0.2, -0.15) is 0 Å². The smallest absolute Gasteiger partial charge is 0.128 e. The maximum absolute atomic E-state index is 13.2. The van der Waals surface area contributed by atoms with E-state index in [0.29, 0.717) is 12.0 Å². The van der Waals surface area contributed by atoms with E-state index in [0.717, 1.165) is 3.57 Å². The second-order valence-electron chi connectivity index (χ2n) is 2.80. The minimum absolute atomic E-state index is 0. The monoisotopic (exact) mass is 327 g/mol. The minimum Gasteiger partial charge on any atom is -0.324 e. The molecule has 78 valence electrons. The van der Waals surface area contributed by atoms with Gasteiger partial charge in [0.15, 0.2) is 0 Å². The second-order valence-corrected chi connectivity index (χ2v) is 4.04. The Balaban J connectivity index is 0.00000169. The lowest BCUT2D eigenvalue weighted by molar-refractivity contribution is 0.583. The van der Waals surface area contributed by atoms with Crippen molar-refractivity contribution in [3.05, 3.63) is 45.8 Å². The van der Waals surface area contributed by atoms with E-state index in [9.17, 15) is 4.39 Å². The highest BCUT2D eigenvalue weighted by Crippen LogP contribution is 2.20. The first-order valence-corrected chi connectivity index (χ1v) is 5.04. The van der Waals surface area contributed by atoms with Gasteiger partial charge in [-0.25, -0.2) is 4.39 Å². The van der Waals surface area contributed by atoms with Gasteiger partial charge in [-0.1, -0.05) is 6.08 Å².